The van der Waals surface area contributed by atoms with Crippen molar-refractivity contribution in [3.8, 4) is 5.75 Å². The van der Waals surface area contributed by atoms with Gasteiger partial charge in [-0.25, -0.2) is 4.79 Å². The Kier molecular flexibility index (Phi) is 5.34. The number of rotatable bonds is 7. The minimum Gasteiger partial charge on any atom is -0.497 e. The number of fused-ring (bicyclic) bond motifs is 4. The lowest BCUT2D eigenvalue weighted by Gasteiger charge is -2.42. The Morgan fingerprint density at radius 3 is 2.70 bits per heavy atom. The number of carbonyl (C=O) groups excluding carboxylic acids is 2. The van der Waals surface area contributed by atoms with E-state index in [9.17, 15) is 9.59 Å². The highest BCUT2D eigenvalue weighted by atomic mass is 16.5. The zero-order chi connectivity index (χ0) is 23.2. The van der Waals surface area contributed by atoms with Gasteiger partial charge in [-0.05, 0) is 36.2 Å². The topological polar surface area (TPSA) is 97.9 Å². The van der Waals surface area contributed by atoms with Gasteiger partial charge in [-0.3, -0.25) is 14.6 Å². The zero-order valence-electron chi connectivity index (χ0n) is 18.8. The molecular weight excluding hydrogens is 420 g/mol. The number of aliphatic hydroxyl groups excluding tert-OH is 1. The molecule has 1 aromatic heterocycles. The van der Waals surface area contributed by atoms with Crippen molar-refractivity contribution in [2.24, 2.45) is 0 Å². The number of nitrogens with one attached hydrogen (secondary N) is 2. The Hall–Kier alpha value is -3.36. The molecule has 0 spiro atoms. The molecule has 3 aromatic rings. The summed E-state index contributed by atoms with van der Waals surface area (Å²) in [5.74, 6) is 0.556. The van der Waals surface area contributed by atoms with Crippen LogP contribution in [0.4, 0.5) is 4.79 Å². The molecule has 2 atom stereocenters. The monoisotopic (exact) mass is 448 g/mol. The van der Waals surface area contributed by atoms with Gasteiger partial charge in [-0.1, -0.05) is 30.3 Å². The summed E-state index contributed by atoms with van der Waals surface area (Å²) in [6, 6.07) is 15.0. The molecule has 3 N–H and O–H groups in total. The van der Waals surface area contributed by atoms with Crippen molar-refractivity contribution in [2.75, 3.05) is 33.4 Å². The molecule has 0 bridgehead atoms. The first-order chi connectivity index (χ1) is 16.0. The standard InChI is InChI=1S/C25H28N4O4/c1-25-15-19-18-14-17(33-2)8-9-20(18)27-21(19)22(16-6-4-3-5-7-16)29(25)24(32)28(23(25)31)12-10-26-11-13-30/h3-9,14,22,26-27,30H,10-13,15H2,1-2H3/t22-,25+/m1/s1. The molecule has 3 amide bonds. The highest BCUT2D eigenvalue weighted by molar-refractivity contribution is 6.08. The Bertz CT molecular complexity index is 1210. The molecule has 8 nitrogen and oxygen atoms in total. The number of nitrogens with zero attached hydrogens (tertiary/aromatic N) is 2. The van der Waals surface area contributed by atoms with Gasteiger partial charge < -0.3 is 20.1 Å². The first-order valence-corrected chi connectivity index (χ1v) is 11.2. The summed E-state index contributed by atoms with van der Waals surface area (Å²) in [6.07, 6.45) is 0.421. The van der Waals surface area contributed by atoms with E-state index < -0.39 is 11.6 Å². The Labute approximate surface area is 192 Å². The van der Waals surface area contributed by atoms with Crippen molar-refractivity contribution in [1.82, 2.24) is 20.1 Å². The van der Waals surface area contributed by atoms with Gasteiger partial charge in [-0.2, -0.15) is 0 Å². The summed E-state index contributed by atoms with van der Waals surface area (Å²) in [7, 11) is 1.64. The maximum absolute atomic E-state index is 13.7. The van der Waals surface area contributed by atoms with Gasteiger partial charge in [0.2, 0.25) is 0 Å². The lowest BCUT2D eigenvalue weighted by atomic mass is 9.81. The molecule has 0 unspecified atom stereocenters. The third kappa shape index (κ3) is 3.29. The van der Waals surface area contributed by atoms with Gasteiger partial charge in [0.15, 0.2) is 0 Å². The van der Waals surface area contributed by atoms with Gasteiger partial charge in [0.25, 0.3) is 5.91 Å². The van der Waals surface area contributed by atoms with Crippen LogP contribution in [0.5, 0.6) is 5.75 Å². The number of hydrogen-bond donors (Lipinski definition) is 3. The number of ether oxygens (including phenoxy) is 1. The van der Waals surface area contributed by atoms with Crippen molar-refractivity contribution in [3.63, 3.8) is 0 Å². The van der Waals surface area contributed by atoms with Crippen LogP contribution in [0.15, 0.2) is 48.5 Å². The lowest BCUT2D eigenvalue weighted by molar-refractivity contribution is -0.133. The SMILES string of the molecule is COc1ccc2[nH]c3c(c2c1)C[C@@]1(C)C(=O)N(CCNCCO)C(=O)N1[C@@H]3c1ccccc1. The molecule has 0 aliphatic carbocycles. The minimum atomic E-state index is -1.00. The highest BCUT2D eigenvalue weighted by Gasteiger charge is 2.59. The van der Waals surface area contributed by atoms with Crippen molar-refractivity contribution in [1.29, 1.82) is 0 Å². The second kappa shape index (κ2) is 8.20. The number of hydrogen-bond acceptors (Lipinski definition) is 5. The molecule has 172 valence electrons. The number of aliphatic hydroxyl groups is 1. The summed E-state index contributed by atoms with van der Waals surface area (Å²) in [4.78, 5) is 33.9. The first kappa shape index (κ1) is 21.5. The smallest absolute Gasteiger partial charge is 0.328 e. The fourth-order valence-corrected chi connectivity index (χ4v) is 5.19. The van der Waals surface area contributed by atoms with Crippen LogP contribution in [0.25, 0.3) is 10.9 Å². The fraction of sp³-hybridized carbons (Fsp3) is 0.360. The molecule has 1 fully saturated rings. The van der Waals surface area contributed by atoms with Crippen molar-refractivity contribution in [2.45, 2.75) is 24.9 Å². The fourth-order valence-electron chi connectivity index (χ4n) is 5.19. The van der Waals surface area contributed by atoms with E-state index in [0.717, 1.165) is 33.5 Å². The lowest BCUT2D eigenvalue weighted by Crippen LogP contribution is -2.53. The molecule has 5 rings (SSSR count). The van der Waals surface area contributed by atoms with Crippen LogP contribution in [-0.4, -0.2) is 70.7 Å². The number of aromatic nitrogens is 1. The second-order valence-electron chi connectivity index (χ2n) is 8.78. The molecular formula is C25H28N4O4. The van der Waals surface area contributed by atoms with Crippen LogP contribution in [-0.2, 0) is 11.2 Å². The maximum Gasteiger partial charge on any atom is 0.328 e. The van der Waals surface area contributed by atoms with Gasteiger partial charge in [-0.15, -0.1) is 0 Å². The van der Waals surface area contributed by atoms with Crippen molar-refractivity contribution < 1.29 is 19.4 Å². The van der Waals surface area contributed by atoms with Crippen LogP contribution in [0.3, 0.4) is 0 Å². The van der Waals surface area contributed by atoms with Crippen LogP contribution >= 0.6 is 0 Å². The number of imide groups is 1. The van der Waals surface area contributed by atoms with Crippen molar-refractivity contribution >= 4 is 22.8 Å². The number of urea groups is 1. The second-order valence-corrected chi connectivity index (χ2v) is 8.78. The highest BCUT2D eigenvalue weighted by Crippen LogP contribution is 2.48. The minimum absolute atomic E-state index is 0.00694. The summed E-state index contributed by atoms with van der Waals surface area (Å²) in [5.41, 5.74) is 2.88. The Morgan fingerprint density at radius 1 is 1.18 bits per heavy atom. The molecule has 0 radical (unpaired) electrons. The summed E-state index contributed by atoms with van der Waals surface area (Å²) < 4.78 is 5.45. The molecule has 33 heavy (non-hydrogen) atoms. The van der Waals surface area contributed by atoms with Crippen LogP contribution in [0.2, 0.25) is 0 Å². The van der Waals surface area contributed by atoms with Gasteiger partial charge in [0, 0.05) is 42.7 Å². The van der Waals surface area contributed by atoms with E-state index in [1.165, 1.54) is 4.90 Å². The number of amides is 3. The van der Waals surface area contributed by atoms with E-state index in [0.29, 0.717) is 19.5 Å². The Balaban J connectivity index is 1.63. The normalized spacial score (nSPS) is 22.1. The molecule has 1 saturated heterocycles. The molecule has 0 saturated carbocycles. The van der Waals surface area contributed by atoms with E-state index in [-0.39, 0.29) is 25.1 Å². The average Bonchev–Trinajstić information content (AvgIpc) is 3.28. The molecule has 2 aromatic carbocycles. The zero-order valence-corrected chi connectivity index (χ0v) is 18.8. The predicted octanol–water partition coefficient (Wildman–Crippen LogP) is 2.43. The van der Waals surface area contributed by atoms with E-state index in [4.69, 9.17) is 9.84 Å². The van der Waals surface area contributed by atoms with E-state index in [1.807, 2.05) is 55.5 Å². The van der Waals surface area contributed by atoms with Gasteiger partial charge >= 0.3 is 6.03 Å². The number of carbonyl (C=O) groups is 2. The third-order valence-electron chi connectivity index (χ3n) is 6.79. The number of H-pyrrole nitrogens is 1. The van der Waals surface area contributed by atoms with Crippen LogP contribution in [0.1, 0.15) is 29.8 Å². The average molecular weight is 449 g/mol. The van der Waals surface area contributed by atoms with Crippen molar-refractivity contribution in [3.05, 3.63) is 65.4 Å². The molecule has 2 aliphatic rings. The molecule has 2 aliphatic heterocycles. The third-order valence-corrected chi connectivity index (χ3v) is 6.79. The molecule has 8 heteroatoms. The Morgan fingerprint density at radius 2 is 1.97 bits per heavy atom. The quantitative estimate of drug-likeness (QED) is 0.381. The maximum atomic E-state index is 13.7. The predicted molar refractivity (Wildman–Crippen MR) is 124 cm³/mol. The number of aromatic amines is 1. The van der Waals surface area contributed by atoms with Crippen LogP contribution in [0, 0.1) is 0 Å². The van der Waals surface area contributed by atoms with Gasteiger partial charge in [0.1, 0.15) is 17.3 Å². The largest absolute Gasteiger partial charge is 0.497 e. The van der Waals surface area contributed by atoms with Gasteiger partial charge in [0.05, 0.1) is 13.7 Å². The summed E-state index contributed by atoms with van der Waals surface area (Å²) in [6.45, 7) is 2.98. The molecule has 3 heterocycles. The van der Waals surface area contributed by atoms with E-state index >= 15 is 0 Å². The summed E-state index contributed by atoms with van der Waals surface area (Å²) >= 11 is 0. The number of benzene rings is 2. The van der Waals surface area contributed by atoms with Crippen LogP contribution < -0.4 is 10.1 Å². The number of methoxy groups -OCH3 is 1. The van der Waals surface area contributed by atoms with E-state index in [1.54, 1.807) is 12.0 Å². The van der Waals surface area contributed by atoms with E-state index in [2.05, 4.69) is 10.3 Å². The first-order valence-electron chi connectivity index (χ1n) is 11.2. The summed E-state index contributed by atoms with van der Waals surface area (Å²) in [5, 5.41) is 13.1.